The van der Waals surface area contributed by atoms with E-state index in [4.69, 9.17) is 9.47 Å². The molecule has 3 rings (SSSR count). The van der Waals surface area contributed by atoms with E-state index in [0.717, 1.165) is 32.4 Å². The van der Waals surface area contributed by atoms with E-state index in [-0.39, 0.29) is 24.4 Å². The first kappa shape index (κ1) is 18.1. The van der Waals surface area contributed by atoms with Crippen LogP contribution in [0.4, 0.5) is 0 Å². The van der Waals surface area contributed by atoms with Crippen LogP contribution in [0.2, 0.25) is 0 Å². The van der Waals surface area contributed by atoms with Crippen molar-refractivity contribution in [2.45, 2.75) is 50.7 Å². The van der Waals surface area contributed by atoms with Crippen molar-refractivity contribution in [2.24, 2.45) is 0 Å². The highest BCUT2D eigenvalue weighted by atomic mass is 32.2. The molecular formula is C16H28N2O5S. The summed E-state index contributed by atoms with van der Waals surface area (Å²) in [5, 5.41) is 0. The Hall–Kier alpha value is -0.700. The van der Waals surface area contributed by atoms with Crippen LogP contribution in [-0.2, 0) is 24.3 Å². The highest BCUT2D eigenvalue weighted by molar-refractivity contribution is 7.89. The molecule has 1 spiro atoms. The fraction of sp³-hybridized carbons (Fsp3) is 0.938. The smallest absolute Gasteiger partial charge is 0.248 e. The molecule has 138 valence electrons. The van der Waals surface area contributed by atoms with E-state index in [9.17, 15) is 13.2 Å². The summed E-state index contributed by atoms with van der Waals surface area (Å²) < 4.78 is 37.3. The van der Waals surface area contributed by atoms with Crippen LogP contribution in [0.1, 0.15) is 39.0 Å². The van der Waals surface area contributed by atoms with Gasteiger partial charge in [-0.15, -0.1) is 0 Å². The van der Waals surface area contributed by atoms with Gasteiger partial charge in [-0.3, -0.25) is 4.79 Å². The third kappa shape index (κ3) is 3.92. The molecule has 3 saturated heterocycles. The van der Waals surface area contributed by atoms with Crippen LogP contribution in [0.25, 0.3) is 0 Å². The standard InChI is InChI=1S/C16H28N2O5S/c1-2-9-24(20,21)18-12-16(13-18)10-14(5-8-23-16)22-11-15(19)17-6-3-4-7-17/h14H,2-13H2,1H3. The average molecular weight is 360 g/mol. The second-order valence-corrected chi connectivity index (χ2v) is 9.22. The van der Waals surface area contributed by atoms with Crippen molar-refractivity contribution < 1.29 is 22.7 Å². The number of ether oxygens (including phenoxy) is 2. The molecule has 3 heterocycles. The summed E-state index contributed by atoms with van der Waals surface area (Å²) in [5.74, 6) is 0.252. The van der Waals surface area contributed by atoms with Crippen molar-refractivity contribution in [2.75, 3.05) is 45.1 Å². The van der Waals surface area contributed by atoms with Gasteiger partial charge in [-0.25, -0.2) is 8.42 Å². The maximum atomic E-state index is 12.1. The maximum absolute atomic E-state index is 12.1. The first-order valence-electron chi connectivity index (χ1n) is 8.95. The molecule has 3 aliphatic heterocycles. The number of hydrogen-bond acceptors (Lipinski definition) is 5. The van der Waals surface area contributed by atoms with Crippen LogP contribution in [0, 0.1) is 0 Å². The quantitative estimate of drug-likeness (QED) is 0.693. The summed E-state index contributed by atoms with van der Waals surface area (Å²) in [6, 6.07) is 0. The van der Waals surface area contributed by atoms with Gasteiger partial charge in [-0.05, 0) is 25.7 Å². The van der Waals surface area contributed by atoms with E-state index >= 15 is 0 Å². The molecule has 0 aromatic heterocycles. The number of nitrogens with zero attached hydrogens (tertiary/aromatic N) is 2. The predicted octanol–water partition coefficient (Wildman–Crippen LogP) is 0.599. The number of carbonyl (C=O) groups is 1. The van der Waals surface area contributed by atoms with Gasteiger partial charge < -0.3 is 14.4 Å². The number of carbonyl (C=O) groups excluding carboxylic acids is 1. The van der Waals surface area contributed by atoms with Gasteiger partial charge in [0.25, 0.3) is 0 Å². The fourth-order valence-electron chi connectivity index (χ4n) is 3.77. The Kier molecular flexibility index (Phi) is 5.48. The minimum absolute atomic E-state index is 0.0265. The normalized spacial score (nSPS) is 27.4. The zero-order valence-corrected chi connectivity index (χ0v) is 15.2. The predicted molar refractivity (Wildman–Crippen MR) is 89.1 cm³/mol. The summed E-state index contributed by atoms with van der Waals surface area (Å²) >= 11 is 0. The number of amides is 1. The van der Waals surface area contributed by atoms with Crippen LogP contribution in [0.3, 0.4) is 0 Å². The topological polar surface area (TPSA) is 76.2 Å². The van der Waals surface area contributed by atoms with Gasteiger partial charge in [0.05, 0.1) is 17.5 Å². The first-order chi connectivity index (χ1) is 11.4. The molecular weight excluding hydrogens is 332 g/mol. The lowest BCUT2D eigenvalue weighted by molar-refractivity contribution is -0.181. The molecule has 1 unspecified atom stereocenters. The third-order valence-corrected chi connectivity index (χ3v) is 7.10. The summed E-state index contributed by atoms with van der Waals surface area (Å²) in [7, 11) is -3.15. The SMILES string of the molecule is CCCS(=O)(=O)N1CC2(CC(OCC(=O)N3CCCC3)CCO2)C1. The molecule has 0 radical (unpaired) electrons. The number of sulfonamides is 1. The van der Waals surface area contributed by atoms with Crippen molar-refractivity contribution in [3.8, 4) is 0 Å². The van der Waals surface area contributed by atoms with Crippen LogP contribution in [0.15, 0.2) is 0 Å². The Morgan fingerprint density at radius 3 is 2.67 bits per heavy atom. The summed E-state index contributed by atoms with van der Waals surface area (Å²) in [4.78, 5) is 13.9. The molecule has 0 aromatic rings. The lowest BCUT2D eigenvalue weighted by Gasteiger charge is -2.52. The van der Waals surface area contributed by atoms with Crippen LogP contribution >= 0.6 is 0 Å². The van der Waals surface area contributed by atoms with E-state index in [1.165, 1.54) is 4.31 Å². The van der Waals surface area contributed by atoms with Crippen LogP contribution in [-0.4, -0.2) is 80.4 Å². The highest BCUT2D eigenvalue weighted by Gasteiger charge is 2.51. The number of hydrogen-bond donors (Lipinski definition) is 0. The molecule has 24 heavy (non-hydrogen) atoms. The molecule has 1 atom stereocenters. The molecule has 3 fully saturated rings. The molecule has 0 saturated carbocycles. The molecule has 7 nitrogen and oxygen atoms in total. The highest BCUT2D eigenvalue weighted by Crippen LogP contribution is 2.37. The van der Waals surface area contributed by atoms with Crippen molar-refractivity contribution in [1.82, 2.24) is 9.21 Å². The van der Waals surface area contributed by atoms with Crippen LogP contribution in [0.5, 0.6) is 0 Å². The molecule has 0 aromatic carbocycles. The van der Waals surface area contributed by atoms with E-state index in [1.807, 2.05) is 11.8 Å². The number of likely N-dealkylation sites (tertiary alicyclic amines) is 1. The summed E-state index contributed by atoms with van der Waals surface area (Å²) in [5.41, 5.74) is -0.416. The minimum Gasteiger partial charge on any atom is -0.372 e. The van der Waals surface area contributed by atoms with Gasteiger partial charge in [-0.2, -0.15) is 4.31 Å². The third-order valence-electron chi connectivity index (χ3n) is 5.13. The molecule has 8 heteroatoms. The van der Waals surface area contributed by atoms with E-state index in [0.29, 0.717) is 32.5 Å². The Labute approximate surface area is 144 Å². The average Bonchev–Trinajstić information content (AvgIpc) is 3.05. The Morgan fingerprint density at radius 1 is 1.29 bits per heavy atom. The lowest BCUT2D eigenvalue weighted by Crippen LogP contribution is -2.67. The second kappa shape index (κ2) is 7.27. The van der Waals surface area contributed by atoms with Gasteiger partial charge in [0.2, 0.25) is 15.9 Å². The van der Waals surface area contributed by atoms with Gasteiger partial charge in [-0.1, -0.05) is 6.92 Å². The molecule has 3 aliphatic rings. The van der Waals surface area contributed by atoms with Gasteiger partial charge in [0.1, 0.15) is 6.61 Å². The fourth-order valence-corrected chi connectivity index (χ4v) is 5.41. The Bertz CT molecular complexity index is 553. The van der Waals surface area contributed by atoms with Gasteiger partial charge in [0.15, 0.2) is 0 Å². The molecule has 1 amide bonds. The summed E-state index contributed by atoms with van der Waals surface area (Å²) in [6.07, 6.45) is 4.18. The second-order valence-electron chi connectivity index (χ2n) is 7.13. The molecule has 0 N–H and O–H groups in total. The van der Waals surface area contributed by atoms with Crippen molar-refractivity contribution >= 4 is 15.9 Å². The van der Waals surface area contributed by atoms with Crippen molar-refractivity contribution in [3.05, 3.63) is 0 Å². The Morgan fingerprint density at radius 2 is 2.00 bits per heavy atom. The van der Waals surface area contributed by atoms with Crippen molar-refractivity contribution in [3.63, 3.8) is 0 Å². The zero-order chi connectivity index (χ0) is 17.2. The lowest BCUT2D eigenvalue weighted by atomic mass is 9.86. The zero-order valence-electron chi connectivity index (χ0n) is 14.4. The molecule has 0 bridgehead atoms. The minimum atomic E-state index is -3.15. The first-order valence-corrected chi connectivity index (χ1v) is 10.6. The number of rotatable bonds is 6. The maximum Gasteiger partial charge on any atom is 0.248 e. The van der Waals surface area contributed by atoms with Crippen molar-refractivity contribution in [1.29, 1.82) is 0 Å². The van der Waals surface area contributed by atoms with E-state index in [2.05, 4.69) is 0 Å². The van der Waals surface area contributed by atoms with Crippen LogP contribution < -0.4 is 0 Å². The van der Waals surface area contributed by atoms with Gasteiger partial charge in [0, 0.05) is 39.2 Å². The largest absolute Gasteiger partial charge is 0.372 e. The van der Waals surface area contributed by atoms with E-state index in [1.54, 1.807) is 0 Å². The Balaban J connectivity index is 1.46. The van der Waals surface area contributed by atoms with E-state index < -0.39 is 15.6 Å². The molecule has 0 aliphatic carbocycles. The monoisotopic (exact) mass is 360 g/mol. The summed E-state index contributed by atoms with van der Waals surface area (Å²) in [6.45, 7) is 5.05. The van der Waals surface area contributed by atoms with Gasteiger partial charge >= 0.3 is 0 Å².